The first-order valence-electron chi connectivity index (χ1n) is 5.42. The normalized spacial score (nSPS) is 21.0. The quantitative estimate of drug-likeness (QED) is 0.522. The predicted molar refractivity (Wildman–Crippen MR) is 67.9 cm³/mol. The van der Waals surface area contributed by atoms with Crippen molar-refractivity contribution in [2.45, 2.75) is 19.1 Å². The van der Waals surface area contributed by atoms with Gasteiger partial charge in [0.1, 0.15) is 0 Å². The number of ether oxygens (including phenoxy) is 1. The molecule has 0 spiro atoms. The van der Waals surface area contributed by atoms with Gasteiger partial charge in [-0.1, -0.05) is 16.8 Å². The molecule has 20 heavy (non-hydrogen) atoms. The zero-order chi connectivity index (χ0) is 14.9. The van der Waals surface area contributed by atoms with Crippen LogP contribution in [0.2, 0.25) is 5.02 Å². The number of nitro groups is 1. The van der Waals surface area contributed by atoms with E-state index >= 15 is 0 Å². The van der Waals surface area contributed by atoms with Gasteiger partial charge in [0.2, 0.25) is 0 Å². The number of rotatable bonds is 3. The minimum absolute atomic E-state index is 0.000186. The molecule has 8 nitrogen and oxygen atoms in total. The molecule has 1 N–H and O–H groups in total. The Balaban J connectivity index is 2.28. The summed E-state index contributed by atoms with van der Waals surface area (Å²) in [4.78, 5) is 25.7. The Labute approximate surface area is 117 Å². The fraction of sp³-hybridized carbons (Fsp3) is 0.273. The summed E-state index contributed by atoms with van der Waals surface area (Å²) >= 11 is 5.96. The molecule has 1 heterocycles. The van der Waals surface area contributed by atoms with Gasteiger partial charge in [-0.25, -0.2) is 4.79 Å². The molecule has 0 radical (unpaired) electrons. The number of benzene rings is 1. The Morgan fingerprint density at radius 1 is 1.65 bits per heavy atom. The summed E-state index contributed by atoms with van der Waals surface area (Å²) in [5, 5.41) is 23.3. The largest absolute Gasteiger partial charge is 0.509 e. The summed E-state index contributed by atoms with van der Waals surface area (Å²) in [6, 6.07) is 3.87. The topological polar surface area (TPSA) is 111 Å². The highest BCUT2D eigenvalue weighted by Gasteiger charge is 2.39. The van der Waals surface area contributed by atoms with Crippen LogP contribution < -0.4 is 0 Å². The molecule has 0 amide bonds. The fourth-order valence-corrected chi connectivity index (χ4v) is 1.98. The molecule has 0 saturated carbocycles. The van der Waals surface area contributed by atoms with E-state index in [1.165, 1.54) is 25.1 Å². The highest BCUT2D eigenvalue weighted by Crippen LogP contribution is 2.32. The van der Waals surface area contributed by atoms with E-state index in [-0.39, 0.29) is 22.8 Å². The molecule has 106 valence electrons. The standard InChI is InChI=1S/C11H9ClN2O6/c1-11(19-10(15)16)5-9(13-20-11)7-4-6(14(17)18)2-3-8(7)12/h2-4H,5H2,1H3,(H,15,16). The highest BCUT2D eigenvalue weighted by atomic mass is 35.5. The summed E-state index contributed by atoms with van der Waals surface area (Å²) in [5.41, 5.74) is 0.431. The Morgan fingerprint density at radius 3 is 2.95 bits per heavy atom. The monoisotopic (exact) mass is 300 g/mol. The summed E-state index contributed by atoms with van der Waals surface area (Å²) in [6.45, 7) is 1.39. The molecule has 1 atom stereocenters. The van der Waals surface area contributed by atoms with E-state index in [1.54, 1.807) is 0 Å². The lowest BCUT2D eigenvalue weighted by Crippen LogP contribution is -2.31. The summed E-state index contributed by atoms with van der Waals surface area (Å²) in [5.74, 6) is -1.46. The number of carbonyl (C=O) groups is 1. The summed E-state index contributed by atoms with van der Waals surface area (Å²) in [7, 11) is 0. The van der Waals surface area contributed by atoms with Crippen LogP contribution in [0, 0.1) is 10.1 Å². The van der Waals surface area contributed by atoms with Crippen LogP contribution in [0.3, 0.4) is 0 Å². The number of halogens is 1. The van der Waals surface area contributed by atoms with Crippen molar-refractivity contribution >= 4 is 29.2 Å². The van der Waals surface area contributed by atoms with Crippen LogP contribution in [-0.2, 0) is 9.57 Å². The Bertz CT molecular complexity index is 617. The van der Waals surface area contributed by atoms with E-state index in [0.29, 0.717) is 5.56 Å². The second-order valence-electron chi connectivity index (χ2n) is 4.23. The van der Waals surface area contributed by atoms with Gasteiger partial charge in [0.25, 0.3) is 11.5 Å². The average Bonchev–Trinajstić information content (AvgIpc) is 2.70. The Kier molecular flexibility index (Phi) is 3.49. The van der Waals surface area contributed by atoms with Crippen molar-refractivity contribution in [1.29, 1.82) is 0 Å². The number of nitrogens with zero attached hydrogens (tertiary/aromatic N) is 2. The minimum Gasteiger partial charge on any atom is -0.450 e. The van der Waals surface area contributed by atoms with Crippen LogP contribution >= 0.6 is 11.6 Å². The van der Waals surface area contributed by atoms with E-state index in [1.807, 2.05) is 0 Å². The molecule has 1 aliphatic rings. The van der Waals surface area contributed by atoms with Crippen molar-refractivity contribution in [2.24, 2.45) is 5.16 Å². The van der Waals surface area contributed by atoms with Crippen molar-refractivity contribution in [2.75, 3.05) is 0 Å². The molecular formula is C11H9ClN2O6. The van der Waals surface area contributed by atoms with E-state index in [0.717, 1.165) is 0 Å². The molecule has 1 aliphatic heterocycles. The lowest BCUT2D eigenvalue weighted by Gasteiger charge is -2.19. The molecule has 0 aliphatic carbocycles. The third-order valence-electron chi connectivity index (χ3n) is 2.61. The molecule has 1 aromatic carbocycles. The number of hydrogen-bond donors (Lipinski definition) is 1. The highest BCUT2D eigenvalue weighted by molar-refractivity contribution is 6.34. The average molecular weight is 301 g/mol. The number of non-ortho nitro benzene ring substituents is 1. The van der Waals surface area contributed by atoms with Gasteiger partial charge >= 0.3 is 6.16 Å². The van der Waals surface area contributed by atoms with E-state index in [9.17, 15) is 14.9 Å². The zero-order valence-electron chi connectivity index (χ0n) is 10.2. The van der Waals surface area contributed by atoms with Gasteiger partial charge in [0.05, 0.1) is 22.1 Å². The van der Waals surface area contributed by atoms with E-state index in [4.69, 9.17) is 21.5 Å². The second kappa shape index (κ2) is 4.97. The summed E-state index contributed by atoms with van der Waals surface area (Å²) < 4.78 is 4.57. The molecule has 1 unspecified atom stereocenters. The number of nitro benzene ring substituents is 1. The maximum absolute atomic E-state index is 10.7. The fourth-order valence-electron chi connectivity index (χ4n) is 1.75. The number of oxime groups is 1. The summed E-state index contributed by atoms with van der Waals surface area (Å²) in [6.07, 6.45) is -1.51. The van der Waals surface area contributed by atoms with Crippen LogP contribution in [0.25, 0.3) is 0 Å². The molecule has 0 aromatic heterocycles. The maximum Gasteiger partial charge on any atom is 0.509 e. The molecule has 2 rings (SSSR count). The van der Waals surface area contributed by atoms with Gasteiger partial charge in [-0.15, -0.1) is 0 Å². The third kappa shape index (κ3) is 2.80. The van der Waals surface area contributed by atoms with Crippen LogP contribution in [0.1, 0.15) is 18.9 Å². The molecule has 0 fully saturated rings. The van der Waals surface area contributed by atoms with Gasteiger partial charge in [-0.05, 0) is 6.07 Å². The van der Waals surface area contributed by atoms with Crippen molar-refractivity contribution < 1.29 is 24.4 Å². The van der Waals surface area contributed by atoms with Crippen molar-refractivity contribution in [3.63, 3.8) is 0 Å². The molecule has 1 aromatic rings. The van der Waals surface area contributed by atoms with Crippen LogP contribution in [0.5, 0.6) is 0 Å². The first-order valence-corrected chi connectivity index (χ1v) is 5.80. The van der Waals surface area contributed by atoms with Gasteiger partial charge in [0.15, 0.2) is 0 Å². The second-order valence-corrected chi connectivity index (χ2v) is 4.64. The Morgan fingerprint density at radius 2 is 2.35 bits per heavy atom. The first-order chi connectivity index (χ1) is 9.31. The lowest BCUT2D eigenvalue weighted by atomic mass is 10.0. The van der Waals surface area contributed by atoms with Gasteiger partial charge in [0, 0.05) is 24.6 Å². The Hall–Kier alpha value is -2.35. The van der Waals surface area contributed by atoms with Crippen LogP contribution in [0.4, 0.5) is 10.5 Å². The zero-order valence-corrected chi connectivity index (χ0v) is 11.0. The van der Waals surface area contributed by atoms with Gasteiger partial charge in [-0.3, -0.25) is 10.1 Å². The van der Waals surface area contributed by atoms with Crippen LogP contribution in [0.15, 0.2) is 23.4 Å². The van der Waals surface area contributed by atoms with Crippen molar-refractivity contribution in [3.8, 4) is 0 Å². The smallest absolute Gasteiger partial charge is 0.450 e. The SMILES string of the molecule is CC1(OC(=O)O)CC(c2cc([N+](=O)[O-])ccc2Cl)=NO1. The molecule has 0 saturated heterocycles. The van der Waals surface area contributed by atoms with Crippen molar-refractivity contribution in [3.05, 3.63) is 38.9 Å². The lowest BCUT2D eigenvalue weighted by molar-refractivity contribution is -0.384. The minimum atomic E-state index is -1.51. The van der Waals surface area contributed by atoms with E-state index in [2.05, 4.69) is 9.89 Å². The predicted octanol–water partition coefficient (Wildman–Crippen LogP) is 2.78. The molecular weight excluding hydrogens is 292 g/mol. The maximum atomic E-state index is 10.7. The van der Waals surface area contributed by atoms with E-state index < -0.39 is 16.9 Å². The third-order valence-corrected chi connectivity index (χ3v) is 2.94. The van der Waals surface area contributed by atoms with Gasteiger partial charge < -0.3 is 14.7 Å². The molecule has 0 bridgehead atoms. The number of hydrogen-bond acceptors (Lipinski definition) is 6. The number of carboxylic acid groups (broad SMARTS) is 1. The molecule has 9 heteroatoms. The first kappa shape index (κ1) is 14.1. The van der Waals surface area contributed by atoms with Crippen molar-refractivity contribution in [1.82, 2.24) is 0 Å². The van der Waals surface area contributed by atoms with Gasteiger partial charge in [-0.2, -0.15) is 0 Å². The van der Waals surface area contributed by atoms with Crippen LogP contribution in [-0.4, -0.2) is 27.7 Å².